The van der Waals surface area contributed by atoms with E-state index in [2.05, 4.69) is 28.2 Å². The number of fused-ring (bicyclic) bond motifs is 1. The second kappa shape index (κ2) is 9.09. The third-order valence-corrected chi connectivity index (χ3v) is 5.47. The molecule has 0 fully saturated rings. The Morgan fingerprint density at radius 1 is 1.24 bits per heavy atom. The highest BCUT2D eigenvalue weighted by Gasteiger charge is 2.17. The van der Waals surface area contributed by atoms with Gasteiger partial charge in [-0.15, -0.1) is 0 Å². The van der Waals surface area contributed by atoms with Gasteiger partial charge in [-0.1, -0.05) is 18.2 Å². The summed E-state index contributed by atoms with van der Waals surface area (Å²) in [4.78, 5) is 30.2. The first-order valence-electron chi connectivity index (χ1n) is 10.00. The molecule has 1 aromatic carbocycles. The van der Waals surface area contributed by atoms with Crippen LogP contribution in [0.3, 0.4) is 0 Å². The molecule has 0 radical (unpaired) electrons. The van der Waals surface area contributed by atoms with E-state index in [0.29, 0.717) is 30.3 Å². The molecule has 0 bridgehead atoms. The van der Waals surface area contributed by atoms with Gasteiger partial charge >= 0.3 is 5.63 Å². The first kappa shape index (κ1) is 20.9. The summed E-state index contributed by atoms with van der Waals surface area (Å²) in [5.74, 6) is 0.223. The number of carbonyl (C=O) groups excluding carboxylic acids is 1. The van der Waals surface area contributed by atoms with Crippen molar-refractivity contribution in [3.8, 4) is 0 Å². The van der Waals surface area contributed by atoms with Crippen molar-refractivity contribution in [1.82, 2.24) is 15.2 Å². The average molecular weight is 396 g/mol. The Bertz CT molecular complexity index is 1050. The second-order valence-electron chi connectivity index (χ2n) is 7.77. The van der Waals surface area contributed by atoms with E-state index in [1.165, 1.54) is 10.9 Å². The van der Waals surface area contributed by atoms with Crippen molar-refractivity contribution in [3.05, 3.63) is 69.4 Å². The van der Waals surface area contributed by atoms with Crippen molar-refractivity contribution >= 4 is 16.8 Å². The highest BCUT2D eigenvalue weighted by molar-refractivity contribution is 5.95. The number of benzene rings is 1. The molecule has 0 saturated heterocycles. The van der Waals surface area contributed by atoms with Crippen LogP contribution in [0.5, 0.6) is 0 Å². The maximum atomic E-state index is 12.5. The average Bonchev–Trinajstić information content (AvgIpc) is 3.09. The Balaban J connectivity index is 1.66. The van der Waals surface area contributed by atoms with Crippen LogP contribution in [0.25, 0.3) is 10.9 Å². The number of aryl methyl sites for hydroxylation is 3. The number of carbonyl (C=O) groups is 1. The second-order valence-corrected chi connectivity index (χ2v) is 7.77. The zero-order valence-electron chi connectivity index (χ0n) is 17.5. The summed E-state index contributed by atoms with van der Waals surface area (Å²) in [5.41, 5.74) is 2.44. The summed E-state index contributed by atoms with van der Waals surface area (Å²) in [6.45, 7) is 4.39. The van der Waals surface area contributed by atoms with Crippen LogP contribution in [-0.2, 0) is 12.8 Å². The van der Waals surface area contributed by atoms with Gasteiger partial charge < -0.3 is 19.6 Å². The Morgan fingerprint density at radius 3 is 2.72 bits per heavy atom. The van der Waals surface area contributed by atoms with Gasteiger partial charge in [0.25, 0.3) is 5.91 Å². The fourth-order valence-corrected chi connectivity index (χ4v) is 3.41. The largest absolute Gasteiger partial charge is 0.427 e. The molecule has 2 N–H and O–H groups in total. The minimum absolute atomic E-state index is 0.0957. The molecule has 0 spiro atoms. The molecule has 0 aliphatic carbocycles. The van der Waals surface area contributed by atoms with Crippen molar-refractivity contribution < 1.29 is 9.21 Å². The highest BCUT2D eigenvalue weighted by Crippen LogP contribution is 2.19. The van der Waals surface area contributed by atoms with E-state index >= 15 is 0 Å². The molecular formula is C23H29N3O3. The van der Waals surface area contributed by atoms with Gasteiger partial charge in [0.15, 0.2) is 0 Å². The summed E-state index contributed by atoms with van der Waals surface area (Å²) in [7, 11) is 4.00. The Hall–Kier alpha value is -2.86. The third-order valence-electron chi connectivity index (χ3n) is 5.47. The van der Waals surface area contributed by atoms with Crippen molar-refractivity contribution in [3.63, 3.8) is 0 Å². The summed E-state index contributed by atoms with van der Waals surface area (Å²) in [6.07, 6.45) is 4.15. The van der Waals surface area contributed by atoms with E-state index in [4.69, 9.17) is 4.42 Å². The molecule has 0 aliphatic rings. The molecule has 1 atom stereocenters. The molecule has 3 rings (SSSR count). The Labute approximate surface area is 170 Å². The molecule has 3 aromatic rings. The van der Waals surface area contributed by atoms with Crippen molar-refractivity contribution in [2.24, 2.45) is 0 Å². The van der Waals surface area contributed by atoms with Gasteiger partial charge in [0, 0.05) is 36.1 Å². The van der Waals surface area contributed by atoms with Crippen LogP contribution < -0.4 is 10.9 Å². The van der Waals surface area contributed by atoms with Crippen molar-refractivity contribution in [2.75, 3.05) is 20.6 Å². The van der Waals surface area contributed by atoms with Crippen LogP contribution >= 0.6 is 0 Å². The molecule has 154 valence electrons. The predicted molar refractivity (Wildman–Crippen MR) is 116 cm³/mol. The lowest BCUT2D eigenvalue weighted by Crippen LogP contribution is -2.34. The van der Waals surface area contributed by atoms with Crippen LogP contribution in [0.2, 0.25) is 0 Å². The quantitative estimate of drug-likeness (QED) is 0.614. The maximum absolute atomic E-state index is 12.5. The number of H-pyrrole nitrogens is 1. The van der Waals surface area contributed by atoms with Crippen molar-refractivity contribution in [2.45, 2.75) is 39.2 Å². The molecule has 2 aromatic heterocycles. The topological polar surface area (TPSA) is 78.3 Å². The Kier molecular flexibility index (Phi) is 6.54. The Morgan fingerprint density at radius 2 is 2.00 bits per heavy atom. The van der Waals surface area contributed by atoms with Gasteiger partial charge in [0.05, 0.1) is 0 Å². The third kappa shape index (κ3) is 4.95. The molecule has 6 nitrogen and oxygen atoms in total. The highest BCUT2D eigenvalue weighted by atomic mass is 16.4. The SMILES string of the molecule is Cc1cc(CCc2c[nH]c3ccccc23)oc(=O)c1C(=O)NCCC(C)N(C)C. The van der Waals surface area contributed by atoms with E-state index in [1.807, 2.05) is 38.5 Å². The smallest absolute Gasteiger partial charge is 0.349 e. The van der Waals surface area contributed by atoms with Crippen LogP contribution in [-0.4, -0.2) is 42.5 Å². The van der Waals surface area contributed by atoms with Gasteiger partial charge in [0.2, 0.25) is 0 Å². The normalized spacial score (nSPS) is 12.4. The van der Waals surface area contributed by atoms with E-state index in [1.54, 1.807) is 13.0 Å². The van der Waals surface area contributed by atoms with Crippen LogP contribution in [0.4, 0.5) is 0 Å². The predicted octanol–water partition coefficient (Wildman–Crippen LogP) is 3.28. The first-order chi connectivity index (χ1) is 13.9. The van der Waals surface area contributed by atoms with Gasteiger partial charge in [0.1, 0.15) is 11.3 Å². The van der Waals surface area contributed by atoms with Crippen molar-refractivity contribution in [1.29, 1.82) is 0 Å². The number of aromatic nitrogens is 1. The van der Waals surface area contributed by atoms with Gasteiger partial charge in [-0.3, -0.25) is 4.79 Å². The molecule has 2 heterocycles. The number of aromatic amines is 1. The van der Waals surface area contributed by atoms with Crippen LogP contribution in [0.1, 0.15) is 40.6 Å². The summed E-state index contributed by atoms with van der Waals surface area (Å²) in [6, 6.07) is 10.3. The van der Waals surface area contributed by atoms with E-state index in [0.717, 1.165) is 18.4 Å². The van der Waals surface area contributed by atoms with E-state index in [9.17, 15) is 9.59 Å². The van der Waals surface area contributed by atoms with Gasteiger partial charge in [-0.05, 0) is 64.0 Å². The summed E-state index contributed by atoms with van der Waals surface area (Å²) >= 11 is 0. The molecule has 0 aliphatic heterocycles. The number of hydrogen-bond donors (Lipinski definition) is 2. The monoisotopic (exact) mass is 395 g/mol. The summed E-state index contributed by atoms with van der Waals surface area (Å²) < 4.78 is 5.45. The van der Waals surface area contributed by atoms with Gasteiger partial charge in [-0.2, -0.15) is 0 Å². The molecule has 6 heteroatoms. The molecule has 0 saturated carbocycles. The zero-order chi connectivity index (χ0) is 21.0. The number of nitrogens with zero attached hydrogens (tertiary/aromatic N) is 1. The zero-order valence-corrected chi connectivity index (χ0v) is 17.5. The minimum atomic E-state index is -0.572. The van der Waals surface area contributed by atoms with Crippen LogP contribution in [0.15, 0.2) is 45.7 Å². The van der Waals surface area contributed by atoms with Crippen LogP contribution in [0, 0.1) is 6.92 Å². The standard InChI is InChI=1S/C23H29N3O3/c1-15-13-18(10-9-17-14-25-20-8-6-5-7-19(17)20)29-23(28)21(15)22(27)24-12-11-16(2)26(3)4/h5-8,13-14,16,25H,9-12H2,1-4H3,(H,24,27). The number of amides is 1. The lowest BCUT2D eigenvalue weighted by molar-refractivity contribution is 0.0945. The first-order valence-corrected chi connectivity index (χ1v) is 10.00. The number of para-hydroxylation sites is 1. The molecule has 1 amide bonds. The minimum Gasteiger partial charge on any atom is -0.427 e. The number of rotatable bonds is 8. The van der Waals surface area contributed by atoms with E-state index < -0.39 is 5.63 Å². The number of hydrogen-bond acceptors (Lipinski definition) is 4. The molecule has 1 unspecified atom stereocenters. The fourth-order valence-electron chi connectivity index (χ4n) is 3.41. The fraction of sp³-hybridized carbons (Fsp3) is 0.391. The van der Waals surface area contributed by atoms with E-state index in [-0.39, 0.29) is 11.5 Å². The summed E-state index contributed by atoms with van der Waals surface area (Å²) in [5, 5.41) is 4.01. The maximum Gasteiger partial charge on any atom is 0.349 e. The van der Waals surface area contributed by atoms with Gasteiger partial charge in [-0.25, -0.2) is 4.79 Å². The number of nitrogens with one attached hydrogen (secondary N) is 2. The lowest BCUT2D eigenvalue weighted by Gasteiger charge is -2.19. The molecular weight excluding hydrogens is 366 g/mol. The lowest BCUT2D eigenvalue weighted by atomic mass is 10.1. The molecule has 29 heavy (non-hydrogen) atoms.